The summed E-state index contributed by atoms with van der Waals surface area (Å²) in [7, 11) is 0. The van der Waals surface area contributed by atoms with Crippen LogP contribution in [0.25, 0.3) is 0 Å². The van der Waals surface area contributed by atoms with E-state index in [9.17, 15) is 9.90 Å². The lowest BCUT2D eigenvalue weighted by molar-refractivity contribution is -0.132. The Bertz CT molecular complexity index is 806. The number of benzene rings is 1. The average molecular weight is 395 g/mol. The number of carbonyl (C=O) groups excluding carboxylic acids is 1. The van der Waals surface area contributed by atoms with Crippen LogP contribution in [0.2, 0.25) is 0 Å². The number of piperidine rings is 1. The smallest absolute Gasteiger partial charge is 0.223 e. The molecule has 1 saturated carbocycles. The number of likely N-dealkylation sites (tertiary alicyclic amines) is 1. The summed E-state index contributed by atoms with van der Waals surface area (Å²) in [6, 6.07) is 9.68. The molecule has 154 valence electrons. The average Bonchev–Trinajstić information content (AvgIpc) is 3.27. The molecule has 4 rings (SSSR count). The summed E-state index contributed by atoms with van der Waals surface area (Å²) in [6.45, 7) is 3.26. The Balaban J connectivity index is 1.64. The van der Waals surface area contributed by atoms with E-state index in [1.54, 1.807) is 0 Å². The van der Waals surface area contributed by atoms with Crippen molar-refractivity contribution < 1.29 is 9.90 Å². The SMILES string of the molecule is C[C@@]1(O)CCN(Cc2cncnc2)[C@@H](c2ccccc2)[C@@H]1NC(=O)C1CCCC1. The molecule has 1 saturated heterocycles. The molecular weight excluding hydrogens is 364 g/mol. The molecule has 1 aliphatic carbocycles. The lowest BCUT2D eigenvalue weighted by Crippen LogP contribution is -2.62. The Hall–Kier alpha value is -2.31. The van der Waals surface area contributed by atoms with E-state index in [1.807, 2.05) is 37.5 Å². The second kappa shape index (κ2) is 8.59. The van der Waals surface area contributed by atoms with Crippen molar-refractivity contribution in [2.24, 2.45) is 5.92 Å². The van der Waals surface area contributed by atoms with E-state index < -0.39 is 5.60 Å². The van der Waals surface area contributed by atoms with E-state index in [-0.39, 0.29) is 23.9 Å². The highest BCUT2D eigenvalue weighted by atomic mass is 16.3. The molecule has 0 unspecified atom stereocenters. The minimum atomic E-state index is -0.974. The van der Waals surface area contributed by atoms with Gasteiger partial charge in [0.05, 0.1) is 17.7 Å². The molecule has 2 aromatic rings. The molecule has 29 heavy (non-hydrogen) atoms. The molecule has 2 N–H and O–H groups in total. The van der Waals surface area contributed by atoms with Crippen LogP contribution in [0.4, 0.5) is 0 Å². The molecule has 6 heteroatoms. The molecule has 6 nitrogen and oxygen atoms in total. The number of amides is 1. The highest BCUT2D eigenvalue weighted by Crippen LogP contribution is 2.38. The molecule has 1 aromatic carbocycles. The zero-order chi connectivity index (χ0) is 20.3. The van der Waals surface area contributed by atoms with E-state index in [4.69, 9.17) is 0 Å². The maximum atomic E-state index is 13.0. The van der Waals surface area contributed by atoms with Gasteiger partial charge in [0.1, 0.15) is 6.33 Å². The van der Waals surface area contributed by atoms with Crippen molar-refractivity contribution in [1.82, 2.24) is 20.2 Å². The Labute approximate surface area is 172 Å². The maximum Gasteiger partial charge on any atom is 0.223 e. The first kappa shape index (κ1) is 20.0. The van der Waals surface area contributed by atoms with Gasteiger partial charge in [-0.2, -0.15) is 0 Å². The number of aromatic nitrogens is 2. The quantitative estimate of drug-likeness (QED) is 0.815. The summed E-state index contributed by atoms with van der Waals surface area (Å²) in [4.78, 5) is 23.6. The molecule has 1 aromatic heterocycles. The van der Waals surface area contributed by atoms with Crippen molar-refractivity contribution in [3.63, 3.8) is 0 Å². The van der Waals surface area contributed by atoms with E-state index >= 15 is 0 Å². The molecule has 0 radical (unpaired) electrons. The third kappa shape index (κ3) is 4.49. The zero-order valence-corrected chi connectivity index (χ0v) is 17.0. The first-order chi connectivity index (χ1) is 14.0. The van der Waals surface area contributed by atoms with Gasteiger partial charge in [-0.15, -0.1) is 0 Å². The summed E-state index contributed by atoms with van der Waals surface area (Å²) in [5.41, 5.74) is 1.15. The van der Waals surface area contributed by atoms with Gasteiger partial charge >= 0.3 is 0 Å². The Morgan fingerprint density at radius 1 is 1.21 bits per heavy atom. The predicted octanol–water partition coefficient (Wildman–Crippen LogP) is 2.85. The molecule has 2 aliphatic rings. The van der Waals surface area contributed by atoms with Gasteiger partial charge in [-0.1, -0.05) is 43.2 Å². The molecule has 1 amide bonds. The van der Waals surface area contributed by atoms with Crippen molar-refractivity contribution in [1.29, 1.82) is 0 Å². The predicted molar refractivity (Wildman–Crippen MR) is 111 cm³/mol. The molecular formula is C23H30N4O2. The molecule has 2 heterocycles. The van der Waals surface area contributed by atoms with Crippen LogP contribution in [0.5, 0.6) is 0 Å². The maximum absolute atomic E-state index is 13.0. The van der Waals surface area contributed by atoms with Crippen LogP contribution in [-0.2, 0) is 11.3 Å². The fraction of sp³-hybridized carbons (Fsp3) is 0.522. The first-order valence-electron chi connectivity index (χ1n) is 10.6. The highest BCUT2D eigenvalue weighted by molar-refractivity contribution is 5.79. The van der Waals surface area contributed by atoms with Crippen LogP contribution in [0, 0.1) is 5.92 Å². The number of nitrogens with one attached hydrogen (secondary N) is 1. The van der Waals surface area contributed by atoms with Crippen LogP contribution >= 0.6 is 0 Å². The van der Waals surface area contributed by atoms with E-state index in [0.717, 1.165) is 43.4 Å². The van der Waals surface area contributed by atoms with Gasteiger partial charge in [-0.25, -0.2) is 9.97 Å². The lowest BCUT2D eigenvalue weighted by atomic mass is 9.79. The van der Waals surface area contributed by atoms with Crippen LogP contribution in [0.1, 0.15) is 56.2 Å². The number of nitrogens with zero attached hydrogens (tertiary/aromatic N) is 3. The second-order valence-corrected chi connectivity index (χ2v) is 8.65. The fourth-order valence-corrected chi connectivity index (χ4v) is 4.79. The number of hydrogen-bond donors (Lipinski definition) is 2. The molecule has 2 fully saturated rings. The van der Waals surface area contributed by atoms with Crippen LogP contribution < -0.4 is 5.32 Å². The van der Waals surface area contributed by atoms with Gasteiger partial charge < -0.3 is 10.4 Å². The minimum absolute atomic E-state index is 0.0696. The minimum Gasteiger partial charge on any atom is -0.388 e. The van der Waals surface area contributed by atoms with Crippen LogP contribution in [0.15, 0.2) is 49.1 Å². The summed E-state index contributed by atoms with van der Waals surface area (Å²) >= 11 is 0. The zero-order valence-electron chi connectivity index (χ0n) is 17.0. The van der Waals surface area contributed by atoms with Crippen LogP contribution in [-0.4, -0.2) is 44.1 Å². The Morgan fingerprint density at radius 2 is 1.90 bits per heavy atom. The number of carbonyl (C=O) groups is 1. The normalized spacial score (nSPS) is 28.3. The van der Waals surface area contributed by atoms with Gasteiger partial charge in [0, 0.05) is 37.0 Å². The van der Waals surface area contributed by atoms with Crippen molar-refractivity contribution in [3.8, 4) is 0 Å². The summed E-state index contributed by atoms with van der Waals surface area (Å²) in [6.07, 6.45) is 9.90. The Morgan fingerprint density at radius 3 is 2.59 bits per heavy atom. The second-order valence-electron chi connectivity index (χ2n) is 8.65. The van der Waals surface area contributed by atoms with E-state index in [0.29, 0.717) is 13.0 Å². The van der Waals surface area contributed by atoms with Crippen molar-refractivity contribution in [2.45, 2.75) is 63.3 Å². The summed E-state index contributed by atoms with van der Waals surface area (Å²) in [5, 5.41) is 14.5. The van der Waals surface area contributed by atoms with Crippen LogP contribution in [0.3, 0.4) is 0 Å². The monoisotopic (exact) mass is 394 g/mol. The third-order valence-electron chi connectivity index (χ3n) is 6.45. The fourth-order valence-electron chi connectivity index (χ4n) is 4.79. The molecule has 1 aliphatic heterocycles. The highest BCUT2D eigenvalue weighted by Gasteiger charge is 2.46. The summed E-state index contributed by atoms with van der Waals surface area (Å²) in [5.74, 6) is 0.152. The van der Waals surface area contributed by atoms with Gasteiger partial charge in [0.15, 0.2) is 0 Å². The third-order valence-corrected chi connectivity index (χ3v) is 6.45. The topological polar surface area (TPSA) is 78.3 Å². The number of hydrogen-bond acceptors (Lipinski definition) is 5. The van der Waals surface area contributed by atoms with Gasteiger partial charge in [0.25, 0.3) is 0 Å². The molecule has 3 atom stereocenters. The molecule has 0 spiro atoms. The van der Waals surface area contributed by atoms with Gasteiger partial charge in [0.2, 0.25) is 5.91 Å². The largest absolute Gasteiger partial charge is 0.388 e. The van der Waals surface area contributed by atoms with Gasteiger partial charge in [-0.05, 0) is 31.7 Å². The Kier molecular flexibility index (Phi) is 5.92. The van der Waals surface area contributed by atoms with Crippen molar-refractivity contribution >= 4 is 5.91 Å². The first-order valence-corrected chi connectivity index (χ1v) is 10.6. The number of aliphatic hydroxyl groups is 1. The van der Waals surface area contributed by atoms with Crippen molar-refractivity contribution in [3.05, 3.63) is 60.2 Å². The summed E-state index contributed by atoms with van der Waals surface area (Å²) < 4.78 is 0. The van der Waals surface area contributed by atoms with Gasteiger partial charge in [-0.3, -0.25) is 9.69 Å². The molecule has 0 bridgehead atoms. The standard InChI is InChI=1S/C23H30N4O2/c1-23(29)11-12-27(15-17-13-24-16-25-14-17)20(18-7-3-2-4-8-18)21(23)26-22(28)19-9-5-6-10-19/h2-4,7-8,13-14,16,19-21,29H,5-6,9-12,15H2,1H3,(H,26,28)/t20-,21-,23+/m0/s1. The van der Waals surface area contributed by atoms with E-state index in [1.165, 1.54) is 6.33 Å². The number of rotatable bonds is 5. The van der Waals surface area contributed by atoms with E-state index in [2.05, 4.69) is 32.3 Å². The lowest BCUT2D eigenvalue weighted by Gasteiger charge is -2.49. The van der Waals surface area contributed by atoms with Crippen molar-refractivity contribution in [2.75, 3.05) is 6.54 Å².